The van der Waals surface area contributed by atoms with Gasteiger partial charge in [0.15, 0.2) is 0 Å². The van der Waals surface area contributed by atoms with Crippen LogP contribution in [0.1, 0.15) is 44.4 Å². The highest BCUT2D eigenvalue weighted by Gasteiger charge is 2.24. The normalized spacial score (nSPS) is 17.4. The first-order valence-corrected chi connectivity index (χ1v) is 12.6. The Morgan fingerprint density at radius 2 is 2.00 bits per heavy atom. The van der Waals surface area contributed by atoms with Gasteiger partial charge in [0.25, 0.3) is 0 Å². The van der Waals surface area contributed by atoms with Crippen LogP contribution in [-0.2, 0) is 11.2 Å². The van der Waals surface area contributed by atoms with E-state index in [1.807, 2.05) is 30.4 Å². The molecule has 1 N–H and O–H groups in total. The molecule has 0 aliphatic carbocycles. The second-order valence-corrected chi connectivity index (χ2v) is 9.70. The van der Waals surface area contributed by atoms with Gasteiger partial charge in [-0.1, -0.05) is 36.0 Å². The number of carboxylic acid groups (broad SMARTS) is 1. The minimum Gasteiger partial charge on any atom is -0.492 e. The smallest absolute Gasteiger partial charge is 0.303 e. The lowest BCUT2D eigenvalue weighted by molar-refractivity contribution is -0.137. The van der Waals surface area contributed by atoms with Crippen molar-refractivity contribution < 1.29 is 14.6 Å². The summed E-state index contributed by atoms with van der Waals surface area (Å²) < 4.78 is 6.08. The van der Waals surface area contributed by atoms with Crippen LogP contribution >= 0.6 is 11.3 Å². The number of likely N-dealkylation sites (tertiary alicyclic amines) is 1. The van der Waals surface area contributed by atoms with Gasteiger partial charge in [-0.25, -0.2) is 0 Å². The lowest BCUT2D eigenvalue weighted by Gasteiger charge is -2.24. The Balaban J connectivity index is 1.50. The van der Waals surface area contributed by atoms with Crippen molar-refractivity contribution in [2.24, 2.45) is 0 Å². The zero-order chi connectivity index (χ0) is 23.5. The van der Waals surface area contributed by atoms with Crippen molar-refractivity contribution in [3.8, 4) is 16.2 Å². The van der Waals surface area contributed by atoms with E-state index < -0.39 is 5.97 Å². The monoisotopic (exact) mass is 465 g/mol. The second-order valence-electron chi connectivity index (χ2n) is 8.53. The summed E-state index contributed by atoms with van der Waals surface area (Å²) >= 11 is 1.84. The third kappa shape index (κ3) is 8.34. The molecule has 2 heterocycles. The number of hydrogen-bond acceptors (Lipinski definition) is 4. The summed E-state index contributed by atoms with van der Waals surface area (Å²) in [6, 6.07) is 13.2. The molecule has 1 saturated heterocycles. The van der Waals surface area contributed by atoms with E-state index in [0.29, 0.717) is 19.1 Å². The SMILES string of the molecule is C\C=C/C=C\C=C(/C)Cc1ccc(-c2ccc(OC[C@H]3CCCN3CCCC(=O)O)cc2)s1. The number of carboxylic acids is 1. The molecule has 5 heteroatoms. The third-order valence-corrected chi connectivity index (χ3v) is 6.96. The molecule has 4 nitrogen and oxygen atoms in total. The van der Waals surface area contributed by atoms with E-state index in [9.17, 15) is 4.79 Å². The summed E-state index contributed by atoms with van der Waals surface area (Å²) in [7, 11) is 0. The molecule has 1 atom stereocenters. The van der Waals surface area contributed by atoms with Gasteiger partial charge in [0.2, 0.25) is 0 Å². The van der Waals surface area contributed by atoms with E-state index >= 15 is 0 Å². The first kappa shape index (κ1) is 25.0. The van der Waals surface area contributed by atoms with Crippen molar-refractivity contribution in [2.45, 2.75) is 52.0 Å². The van der Waals surface area contributed by atoms with Gasteiger partial charge in [0, 0.05) is 28.6 Å². The van der Waals surface area contributed by atoms with E-state index in [2.05, 4.69) is 66.4 Å². The topological polar surface area (TPSA) is 49.8 Å². The zero-order valence-corrected chi connectivity index (χ0v) is 20.5. The van der Waals surface area contributed by atoms with Crippen LogP contribution in [0.3, 0.4) is 0 Å². The Kier molecular flexibility index (Phi) is 9.98. The second kappa shape index (κ2) is 13.2. The highest BCUT2D eigenvalue weighted by atomic mass is 32.1. The van der Waals surface area contributed by atoms with Gasteiger partial charge in [-0.15, -0.1) is 11.3 Å². The molecule has 1 aliphatic heterocycles. The fourth-order valence-electron chi connectivity index (χ4n) is 4.08. The molecule has 0 spiro atoms. The molecule has 0 unspecified atom stereocenters. The van der Waals surface area contributed by atoms with Crippen molar-refractivity contribution >= 4 is 17.3 Å². The van der Waals surface area contributed by atoms with Crippen LogP contribution in [0, 0.1) is 0 Å². The van der Waals surface area contributed by atoms with Gasteiger partial charge in [0.1, 0.15) is 12.4 Å². The van der Waals surface area contributed by atoms with Crippen molar-refractivity contribution in [1.82, 2.24) is 4.90 Å². The Morgan fingerprint density at radius 1 is 1.18 bits per heavy atom. The third-order valence-electron chi connectivity index (χ3n) is 5.83. The summed E-state index contributed by atoms with van der Waals surface area (Å²) in [6.45, 7) is 6.71. The maximum atomic E-state index is 10.8. The molecule has 1 aromatic heterocycles. The summed E-state index contributed by atoms with van der Waals surface area (Å²) in [5.74, 6) is 0.170. The largest absolute Gasteiger partial charge is 0.492 e. The van der Waals surface area contributed by atoms with Gasteiger partial charge in [-0.05, 0) is 88.2 Å². The average Bonchev–Trinajstić information content (AvgIpc) is 3.45. The number of thiophene rings is 1. The number of rotatable bonds is 12. The summed E-state index contributed by atoms with van der Waals surface area (Å²) in [5.41, 5.74) is 2.56. The van der Waals surface area contributed by atoms with Crippen LogP contribution in [0.4, 0.5) is 0 Å². The average molecular weight is 466 g/mol. The fraction of sp³-hybridized carbons (Fsp3) is 0.393. The van der Waals surface area contributed by atoms with Crippen LogP contribution in [0.15, 0.2) is 72.4 Å². The lowest BCUT2D eigenvalue weighted by atomic mass is 10.1. The Bertz CT molecular complexity index is 971. The Morgan fingerprint density at radius 3 is 2.76 bits per heavy atom. The molecule has 0 bridgehead atoms. The number of hydrogen-bond donors (Lipinski definition) is 1. The van der Waals surface area contributed by atoms with Crippen LogP contribution in [0.5, 0.6) is 5.75 Å². The van der Waals surface area contributed by atoms with Crippen LogP contribution in [0.25, 0.3) is 10.4 Å². The molecule has 33 heavy (non-hydrogen) atoms. The molecule has 0 saturated carbocycles. The maximum Gasteiger partial charge on any atom is 0.303 e. The predicted octanol–water partition coefficient (Wildman–Crippen LogP) is 6.74. The van der Waals surface area contributed by atoms with Crippen molar-refractivity contribution in [1.29, 1.82) is 0 Å². The molecule has 1 aliphatic rings. The standard InChI is InChI=1S/C28H35NO3S/c1-3-4-5-6-9-22(2)20-26-16-17-27(33-26)23-12-14-25(15-13-23)32-21-24-10-7-18-29(24)19-8-11-28(30)31/h3-6,9,12-17,24H,7-8,10-11,18-21H2,1-2H3,(H,30,31)/b4-3-,6-5-,22-9+/t24-/m1/s1. The number of carbonyl (C=O) groups is 1. The highest BCUT2D eigenvalue weighted by Crippen LogP contribution is 2.31. The van der Waals surface area contributed by atoms with Gasteiger partial charge in [-0.3, -0.25) is 9.69 Å². The molecule has 0 amide bonds. The minimum atomic E-state index is -0.719. The molecule has 176 valence electrons. The molecule has 1 aromatic carbocycles. The highest BCUT2D eigenvalue weighted by molar-refractivity contribution is 7.15. The number of aliphatic carboxylic acids is 1. The van der Waals surface area contributed by atoms with Crippen molar-refractivity contribution in [3.63, 3.8) is 0 Å². The van der Waals surface area contributed by atoms with Gasteiger partial charge in [0.05, 0.1) is 0 Å². The molecular formula is C28H35NO3S. The van der Waals surface area contributed by atoms with Gasteiger partial charge in [-0.2, -0.15) is 0 Å². The van der Waals surface area contributed by atoms with E-state index in [0.717, 1.165) is 38.1 Å². The molecular weight excluding hydrogens is 430 g/mol. The first-order valence-electron chi connectivity index (χ1n) is 11.8. The lowest BCUT2D eigenvalue weighted by Crippen LogP contribution is -2.35. The number of nitrogens with zero attached hydrogens (tertiary/aromatic N) is 1. The number of benzene rings is 1. The molecule has 0 radical (unpaired) electrons. The zero-order valence-electron chi connectivity index (χ0n) is 19.7. The minimum absolute atomic E-state index is 0.236. The van der Waals surface area contributed by atoms with Crippen LogP contribution < -0.4 is 4.74 Å². The van der Waals surface area contributed by atoms with Crippen LogP contribution in [-0.4, -0.2) is 41.7 Å². The number of ether oxygens (including phenoxy) is 1. The number of allylic oxidation sites excluding steroid dienone is 6. The van der Waals surface area contributed by atoms with Crippen molar-refractivity contribution in [3.05, 3.63) is 77.2 Å². The van der Waals surface area contributed by atoms with E-state index in [1.54, 1.807) is 0 Å². The maximum absolute atomic E-state index is 10.8. The predicted molar refractivity (Wildman–Crippen MR) is 138 cm³/mol. The quantitative estimate of drug-likeness (QED) is 0.353. The van der Waals surface area contributed by atoms with E-state index in [-0.39, 0.29) is 6.42 Å². The van der Waals surface area contributed by atoms with Gasteiger partial charge < -0.3 is 9.84 Å². The summed E-state index contributed by atoms with van der Waals surface area (Å²) in [4.78, 5) is 15.8. The summed E-state index contributed by atoms with van der Waals surface area (Å²) in [5, 5.41) is 8.85. The first-order chi connectivity index (χ1) is 16.0. The Labute approximate surface area is 201 Å². The molecule has 3 rings (SSSR count). The Hall–Kier alpha value is -2.63. The molecule has 1 fully saturated rings. The van der Waals surface area contributed by atoms with Crippen LogP contribution in [0.2, 0.25) is 0 Å². The van der Waals surface area contributed by atoms with E-state index in [1.165, 1.54) is 20.9 Å². The van der Waals surface area contributed by atoms with E-state index in [4.69, 9.17) is 9.84 Å². The molecule has 2 aromatic rings. The fourth-order valence-corrected chi connectivity index (χ4v) is 5.18. The van der Waals surface area contributed by atoms with Gasteiger partial charge >= 0.3 is 5.97 Å². The summed E-state index contributed by atoms with van der Waals surface area (Å²) in [6.07, 6.45) is 14.5. The van der Waals surface area contributed by atoms with Crippen molar-refractivity contribution in [2.75, 3.05) is 19.7 Å².